The number of benzene rings is 1. The van der Waals surface area contributed by atoms with E-state index in [0.717, 1.165) is 50.3 Å². The van der Waals surface area contributed by atoms with E-state index in [-0.39, 0.29) is 12.0 Å². The van der Waals surface area contributed by atoms with E-state index >= 15 is 0 Å². The van der Waals surface area contributed by atoms with Gasteiger partial charge in [-0.1, -0.05) is 26.0 Å². The van der Waals surface area contributed by atoms with Crippen LogP contribution < -0.4 is 9.64 Å². The zero-order valence-corrected chi connectivity index (χ0v) is 14.3. The second-order valence-corrected chi connectivity index (χ2v) is 7.09. The molecule has 1 saturated heterocycles. The van der Waals surface area contributed by atoms with Gasteiger partial charge in [-0.25, -0.2) is 0 Å². The molecular weight excluding hydrogens is 288 g/mol. The van der Waals surface area contributed by atoms with E-state index in [1.54, 1.807) is 0 Å². The third kappa shape index (κ3) is 3.80. The Morgan fingerprint density at radius 1 is 1.22 bits per heavy atom. The number of hydrogen-bond acceptors (Lipinski definition) is 3. The summed E-state index contributed by atoms with van der Waals surface area (Å²) < 4.78 is 6.05. The van der Waals surface area contributed by atoms with Gasteiger partial charge in [0.15, 0.2) is 6.10 Å². The summed E-state index contributed by atoms with van der Waals surface area (Å²) in [6.45, 7) is 7.88. The number of carbonyl (C=O) groups is 1. The zero-order chi connectivity index (χ0) is 16.2. The van der Waals surface area contributed by atoms with Crippen LogP contribution in [0, 0.1) is 5.92 Å². The fourth-order valence-electron chi connectivity index (χ4n) is 3.38. The molecule has 3 rings (SSSR count). The predicted molar refractivity (Wildman–Crippen MR) is 93.0 cm³/mol. The van der Waals surface area contributed by atoms with Gasteiger partial charge in [0.05, 0.1) is 12.2 Å². The van der Waals surface area contributed by atoms with Crippen LogP contribution in [0.15, 0.2) is 24.3 Å². The van der Waals surface area contributed by atoms with E-state index in [2.05, 4.69) is 24.8 Å². The molecule has 0 radical (unpaired) electrons. The lowest BCUT2D eigenvalue weighted by Gasteiger charge is -2.38. The molecule has 1 unspecified atom stereocenters. The third-order valence-corrected chi connectivity index (χ3v) is 4.78. The highest BCUT2D eigenvalue weighted by molar-refractivity contribution is 5.83. The Kier molecular flexibility index (Phi) is 5.09. The van der Waals surface area contributed by atoms with Gasteiger partial charge < -0.3 is 14.5 Å². The van der Waals surface area contributed by atoms with E-state index in [9.17, 15) is 4.79 Å². The average molecular weight is 316 g/mol. The summed E-state index contributed by atoms with van der Waals surface area (Å²) in [4.78, 5) is 17.1. The van der Waals surface area contributed by atoms with Gasteiger partial charge in [0.1, 0.15) is 5.75 Å². The van der Waals surface area contributed by atoms with Crippen LogP contribution in [0.4, 0.5) is 5.69 Å². The Balaban J connectivity index is 1.74. The van der Waals surface area contributed by atoms with Crippen LogP contribution in [-0.4, -0.2) is 43.1 Å². The van der Waals surface area contributed by atoms with Gasteiger partial charge >= 0.3 is 0 Å². The SMILES string of the molecule is CC(C)CCN1CC(C(=O)N2CCCCC2)Oc2ccccc21. The molecule has 0 N–H and O–H groups in total. The molecule has 1 aromatic rings. The first kappa shape index (κ1) is 16.2. The Morgan fingerprint density at radius 2 is 1.96 bits per heavy atom. The highest BCUT2D eigenvalue weighted by Crippen LogP contribution is 2.34. The number of hydrogen-bond donors (Lipinski definition) is 0. The first-order valence-electron chi connectivity index (χ1n) is 8.94. The lowest BCUT2D eigenvalue weighted by atomic mass is 10.1. The average Bonchev–Trinajstić information content (AvgIpc) is 2.59. The Labute approximate surface area is 139 Å². The summed E-state index contributed by atoms with van der Waals surface area (Å²) in [7, 11) is 0. The Hall–Kier alpha value is -1.71. The van der Waals surface area contributed by atoms with E-state index in [1.165, 1.54) is 6.42 Å². The lowest BCUT2D eigenvalue weighted by molar-refractivity contribution is -0.139. The van der Waals surface area contributed by atoms with Gasteiger partial charge in [-0.3, -0.25) is 4.79 Å². The van der Waals surface area contributed by atoms with Gasteiger partial charge in [0, 0.05) is 19.6 Å². The highest BCUT2D eigenvalue weighted by atomic mass is 16.5. The van der Waals surface area contributed by atoms with Gasteiger partial charge in [0.25, 0.3) is 5.91 Å². The number of likely N-dealkylation sites (tertiary alicyclic amines) is 1. The van der Waals surface area contributed by atoms with E-state index in [1.807, 2.05) is 23.1 Å². The minimum absolute atomic E-state index is 0.161. The number of carbonyl (C=O) groups excluding carboxylic acids is 1. The number of fused-ring (bicyclic) bond motifs is 1. The number of ether oxygens (including phenoxy) is 1. The molecule has 0 bridgehead atoms. The molecule has 2 aliphatic rings. The fraction of sp³-hybridized carbons (Fsp3) is 0.632. The maximum absolute atomic E-state index is 12.8. The number of piperidine rings is 1. The lowest BCUT2D eigenvalue weighted by Crippen LogP contribution is -2.51. The molecule has 2 aliphatic heterocycles. The van der Waals surface area contributed by atoms with Gasteiger partial charge in [-0.05, 0) is 43.7 Å². The van der Waals surface area contributed by atoms with Crippen LogP contribution in [-0.2, 0) is 4.79 Å². The molecule has 126 valence electrons. The van der Waals surface area contributed by atoms with Gasteiger partial charge in [-0.15, -0.1) is 0 Å². The fourth-order valence-corrected chi connectivity index (χ4v) is 3.38. The second kappa shape index (κ2) is 7.24. The number of anilines is 1. The smallest absolute Gasteiger partial charge is 0.265 e. The molecule has 1 fully saturated rings. The van der Waals surface area contributed by atoms with Crippen LogP contribution in [0.25, 0.3) is 0 Å². The summed E-state index contributed by atoms with van der Waals surface area (Å²) >= 11 is 0. The highest BCUT2D eigenvalue weighted by Gasteiger charge is 2.33. The molecule has 4 nitrogen and oxygen atoms in total. The van der Waals surface area contributed by atoms with Crippen LogP contribution >= 0.6 is 0 Å². The molecule has 0 saturated carbocycles. The van der Waals surface area contributed by atoms with Crippen LogP contribution in [0.5, 0.6) is 5.75 Å². The summed E-state index contributed by atoms with van der Waals surface area (Å²) in [5, 5.41) is 0. The summed E-state index contributed by atoms with van der Waals surface area (Å²) in [5.74, 6) is 1.66. The molecule has 1 aromatic carbocycles. The van der Waals surface area contributed by atoms with Crippen molar-refractivity contribution in [1.29, 1.82) is 0 Å². The molecule has 0 aliphatic carbocycles. The normalized spacial score (nSPS) is 21.1. The maximum Gasteiger partial charge on any atom is 0.265 e. The topological polar surface area (TPSA) is 32.8 Å². The first-order valence-corrected chi connectivity index (χ1v) is 8.94. The molecule has 23 heavy (non-hydrogen) atoms. The largest absolute Gasteiger partial charge is 0.477 e. The summed E-state index contributed by atoms with van der Waals surface area (Å²) in [5.41, 5.74) is 1.12. The molecule has 4 heteroatoms. The minimum atomic E-state index is -0.366. The summed E-state index contributed by atoms with van der Waals surface area (Å²) in [6, 6.07) is 8.09. The third-order valence-electron chi connectivity index (χ3n) is 4.78. The quantitative estimate of drug-likeness (QED) is 0.854. The van der Waals surface area contributed by atoms with Crippen molar-refractivity contribution in [3.8, 4) is 5.75 Å². The molecule has 1 amide bonds. The maximum atomic E-state index is 12.8. The Bertz CT molecular complexity index is 538. The first-order chi connectivity index (χ1) is 11.1. The van der Waals surface area contributed by atoms with Crippen LogP contribution in [0.1, 0.15) is 39.5 Å². The van der Waals surface area contributed by atoms with Crippen molar-refractivity contribution in [3.63, 3.8) is 0 Å². The molecule has 0 aromatic heterocycles. The van der Waals surface area contributed by atoms with Crippen molar-refractivity contribution < 1.29 is 9.53 Å². The van der Waals surface area contributed by atoms with Crippen molar-refractivity contribution in [2.45, 2.75) is 45.6 Å². The van der Waals surface area contributed by atoms with Crippen molar-refractivity contribution in [3.05, 3.63) is 24.3 Å². The zero-order valence-electron chi connectivity index (χ0n) is 14.3. The van der Waals surface area contributed by atoms with E-state index in [0.29, 0.717) is 12.5 Å². The Morgan fingerprint density at radius 3 is 2.70 bits per heavy atom. The van der Waals surface area contributed by atoms with Crippen molar-refractivity contribution >= 4 is 11.6 Å². The minimum Gasteiger partial charge on any atom is -0.477 e. The van der Waals surface area contributed by atoms with Gasteiger partial charge in [-0.2, -0.15) is 0 Å². The monoisotopic (exact) mass is 316 g/mol. The number of rotatable bonds is 4. The van der Waals surface area contributed by atoms with Crippen molar-refractivity contribution in [2.75, 3.05) is 31.1 Å². The van der Waals surface area contributed by atoms with Gasteiger partial charge in [0.2, 0.25) is 0 Å². The van der Waals surface area contributed by atoms with Crippen molar-refractivity contribution in [1.82, 2.24) is 4.90 Å². The number of amides is 1. The molecule has 1 atom stereocenters. The van der Waals surface area contributed by atoms with Crippen LogP contribution in [0.2, 0.25) is 0 Å². The predicted octanol–water partition coefficient (Wildman–Crippen LogP) is 3.31. The molecule has 2 heterocycles. The summed E-state index contributed by atoms with van der Waals surface area (Å²) in [6.07, 6.45) is 4.23. The van der Waals surface area contributed by atoms with Crippen LogP contribution in [0.3, 0.4) is 0 Å². The standard InChI is InChI=1S/C19H28N2O2/c1-15(2)10-13-21-14-18(19(22)20-11-6-3-7-12-20)23-17-9-5-4-8-16(17)21/h4-5,8-9,15,18H,3,6-7,10-14H2,1-2H3. The van der Waals surface area contributed by atoms with E-state index < -0.39 is 0 Å². The second-order valence-electron chi connectivity index (χ2n) is 7.09. The number of para-hydroxylation sites is 2. The van der Waals surface area contributed by atoms with Crippen molar-refractivity contribution in [2.24, 2.45) is 5.92 Å². The number of nitrogens with zero attached hydrogens (tertiary/aromatic N) is 2. The van der Waals surface area contributed by atoms with E-state index in [4.69, 9.17) is 4.74 Å². The molecular formula is C19H28N2O2. The molecule has 0 spiro atoms.